The largest absolute Gasteiger partial charge is 0.472 e. The van der Waals surface area contributed by atoms with Crippen LogP contribution in [0.1, 0.15) is 292 Å². The number of aliphatic hydroxyl groups excluding tert-OH is 1. The average molecular weight is 1170 g/mol. The summed E-state index contributed by atoms with van der Waals surface area (Å²) >= 11 is 0. The number of phosphoric ester groups is 2. The Morgan fingerprint density at radius 2 is 0.646 bits per heavy atom. The standard InChI is InChI=1S/C60H116O17P2/c1-7-10-12-14-15-24-32-38-44-59(64)76-55(48-70-57(62)42-36-28-13-11-8-2)50-74-78(66,67)72-46-54(61)47-73-79(68,69)75-51-56(49-71-58(63)43-37-31-27-26-30-35-41-53(6)9-3)77-60(65)45-39-33-25-22-20-18-16-17-19-21-23-29-34-40-52(4)5/h52-56,61H,7-51H2,1-6H3,(H,66,67)(H,68,69)/t53?,54-,55+,56+/m0/s1. The number of carbonyl (C=O) groups is 4. The molecule has 0 spiro atoms. The lowest BCUT2D eigenvalue weighted by Crippen LogP contribution is -2.30. The van der Waals surface area contributed by atoms with Gasteiger partial charge in [0.2, 0.25) is 0 Å². The number of esters is 4. The summed E-state index contributed by atoms with van der Waals surface area (Å²) in [6, 6.07) is 0. The first-order chi connectivity index (χ1) is 37.9. The lowest BCUT2D eigenvalue weighted by Gasteiger charge is -2.21. The Hall–Kier alpha value is -1.94. The first-order valence-electron chi connectivity index (χ1n) is 31.5. The van der Waals surface area contributed by atoms with Gasteiger partial charge in [0.1, 0.15) is 19.3 Å². The van der Waals surface area contributed by atoms with Crippen LogP contribution in [0.3, 0.4) is 0 Å². The summed E-state index contributed by atoms with van der Waals surface area (Å²) in [6.07, 6.45) is 33.9. The number of rotatable bonds is 59. The Kier molecular flexibility index (Phi) is 51.5. The molecule has 0 aliphatic heterocycles. The number of ether oxygens (including phenoxy) is 4. The summed E-state index contributed by atoms with van der Waals surface area (Å²) < 4.78 is 67.6. The minimum Gasteiger partial charge on any atom is -0.462 e. The third-order valence-electron chi connectivity index (χ3n) is 14.1. The molecule has 0 aromatic carbocycles. The minimum atomic E-state index is -4.94. The van der Waals surface area contributed by atoms with Gasteiger partial charge in [0.05, 0.1) is 26.4 Å². The number of phosphoric acid groups is 2. The van der Waals surface area contributed by atoms with Gasteiger partial charge in [-0.15, -0.1) is 0 Å². The summed E-state index contributed by atoms with van der Waals surface area (Å²) in [5, 5.41) is 10.5. The van der Waals surface area contributed by atoms with Crippen LogP contribution >= 0.6 is 15.6 Å². The highest BCUT2D eigenvalue weighted by atomic mass is 31.2. The van der Waals surface area contributed by atoms with E-state index in [1.54, 1.807) is 0 Å². The summed E-state index contributed by atoms with van der Waals surface area (Å²) in [5.41, 5.74) is 0. The Morgan fingerprint density at radius 3 is 0.962 bits per heavy atom. The van der Waals surface area contributed by atoms with Crippen LogP contribution in [0.15, 0.2) is 0 Å². The molecule has 0 aromatic rings. The van der Waals surface area contributed by atoms with Crippen molar-refractivity contribution < 1.29 is 80.2 Å². The molecule has 0 aliphatic carbocycles. The second-order valence-corrected chi connectivity index (χ2v) is 25.4. The van der Waals surface area contributed by atoms with Crippen LogP contribution in [-0.4, -0.2) is 96.7 Å². The first-order valence-corrected chi connectivity index (χ1v) is 34.5. The third kappa shape index (κ3) is 53.8. The van der Waals surface area contributed by atoms with E-state index >= 15 is 0 Å². The predicted molar refractivity (Wildman–Crippen MR) is 312 cm³/mol. The summed E-state index contributed by atoms with van der Waals surface area (Å²) in [5.74, 6) is -0.636. The van der Waals surface area contributed by atoms with Gasteiger partial charge >= 0.3 is 39.5 Å². The Balaban J connectivity index is 5.16. The zero-order valence-electron chi connectivity index (χ0n) is 50.7. The monoisotopic (exact) mass is 1170 g/mol. The topological polar surface area (TPSA) is 237 Å². The first kappa shape index (κ1) is 77.1. The predicted octanol–water partition coefficient (Wildman–Crippen LogP) is 16.1. The molecule has 0 aromatic heterocycles. The zero-order valence-corrected chi connectivity index (χ0v) is 52.4. The SMILES string of the molecule is CCCCCCCCCCC(=O)O[C@H](COC(=O)CCCCCCC)COP(=O)(O)OC[C@H](O)COP(=O)(O)OC[C@@H](COC(=O)CCCCCCCCC(C)CC)OC(=O)CCCCCCCCCCCCCCCC(C)C. The second-order valence-electron chi connectivity index (χ2n) is 22.5. The van der Waals surface area contributed by atoms with Gasteiger partial charge < -0.3 is 33.8 Å². The fourth-order valence-corrected chi connectivity index (χ4v) is 10.4. The molecule has 0 heterocycles. The molecule has 0 aliphatic rings. The van der Waals surface area contributed by atoms with Crippen LogP contribution in [0, 0.1) is 11.8 Å². The summed E-state index contributed by atoms with van der Waals surface area (Å²) in [6.45, 7) is 9.32. The Labute approximate surface area is 479 Å². The van der Waals surface area contributed by atoms with Crippen molar-refractivity contribution in [1.29, 1.82) is 0 Å². The highest BCUT2D eigenvalue weighted by Crippen LogP contribution is 2.45. The molecule has 0 rings (SSSR count). The van der Waals surface area contributed by atoms with Gasteiger partial charge in [-0.25, -0.2) is 9.13 Å². The van der Waals surface area contributed by atoms with Gasteiger partial charge in [-0.2, -0.15) is 0 Å². The molecule has 3 unspecified atom stereocenters. The minimum absolute atomic E-state index is 0.104. The average Bonchev–Trinajstić information content (AvgIpc) is 3.41. The van der Waals surface area contributed by atoms with E-state index in [0.29, 0.717) is 25.7 Å². The molecule has 0 saturated carbocycles. The van der Waals surface area contributed by atoms with Crippen LogP contribution in [-0.2, 0) is 65.4 Å². The van der Waals surface area contributed by atoms with E-state index in [2.05, 4.69) is 41.5 Å². The number of unbranched alkanes of at least 4 members (excludes halogenated alkanes) is 28. The fraction of sp³-hybridized carbons (Fsp3) is 0.933. The molecule has 6 atom stereocenters. The zero-order chi connectivity index (χ0) is 58.7. The molecule has 468 valence electrons. The number of hydrogen-bond acceptors (Lipinski definition) is 15. The van der Waals surface area contributed by atoms with E-state index in [4.69, 9.17) is 37.0 Å². The van der Waals surface area contributed by atoms with Gasteiger partial charge in [0.15, 0.2) is 12.2 Å². The highest BCUT2D eigenvalue weighted by molar-refractivity contribution is 7.47. The molecular weight excluding hydrogens is 1050 g/mol. The Bertz CT molecular complexity index is 1570. The second kappa shape index (κ2) is 52.8. The number of aliphatic hydroxyl groups is 1. The van der Waals surface area contributed by atoms with E-state index in [1.165, 1.54) is 89.9 Å². The molecule has 0 amide bonds. The van der Waals surface area contributed by atoms with Gasteiger partial charge in [0, 0.05) is 25.7 Å². The van der Waals surface area contributed by atoms with E-state index in [1.807, 2.05) is 0 Å². The van der Waals surface area contributed by atoms with E-state index in [-0.39, 0.29) is 25.7 Å². The molecule has 0 saturated heterocycles. The van der Waals surface area contributed by atoms with Crippen LogP contribution in [0.4, 0.5) is 0 Å². The number of hydrogen-bond donors (Lipinski definition) is 3. The van der Waals surface area contributed by atoms with Gasteiger partial charge in [-0.1, -0.05) is 241 Å². The van der Waals surface area contributed by atoms with Gasteiger partial charge in [-0.05, 0) is 37.5 Å². The molecule has 0 radical (unpaired) electrons. The smallest absolute Gasteiger partial charge is 0.462 e. The van der Waals surface area contributed by atoms with Crippen LogP contribution < -0.4 is 0 Å². The maximum atomic E-state index is 12.9. The van der Waals surface area contributed by atoms with Crippen LogP contribution in [0.5, 0.6) is 0 Å². The van der Waals surface area contributed by atoms with Crippen molar-refractivity contribution in [1.82, 2.24) is 0 Å². The van der Waals surface area contributed by atoms with Crippen molar-refractivity contribution in [2.45, 2.75) is 310 Å². The van der Waals surface area contributed by atoms with Crippen molar-refractivity contribution in [3.8, 4) is 0 Å². The molecule has 3 N–H and O–H groups in total. The summed E-state index contributed by atoms with van der Waals surface area (Å²) in [7, 11) is -9.87. The lowest BCUT2D eigenvalue weighted by molar-refractivity contribution is -0.161. The lowest BCUT2D eigenvalue weighted by atomic mass is 10.00. The highest BCUT2D eigenvalue weighted by Gasteiger charge is 2.30. The van der Waals surface area contributed by atoms with Crippen LogP contribution in [0.25, 0.3) is 0 Å². The van der Waals surface area contributed by atoms with Crippen molar-refractivity contribution in [3.05, 3.63) is 0 Å². The van der Waals surface area contributed by atoms with Crippen molar-refractivity contribution >= 4 is 39.5 Å². The molecular formula is C60H116O17P2. The van der Waals surface area contributed by atoms with E-state index in [0.717, 1.165) is 121 Å². The van der Waals surface area contributed by atoms with E-state index in [9.17, 15) is 43.2 Å². The molecule has 0 fully saturated rings. The van der Waals surface area contributed by atoms with Crippen molar-refractivity contribution in [2.75, 3.05) is 39.6 Å². The molecule has 17 nitrogen and oxygen atoms in total. The molecule has 19 heteroatoms. The summed E-state index contributed by atoms with van der Waals surface area (Å²) in [4.78, 5) is 71.7. The normalized spacial score (nSPS) is 14.8. The quantitative estimate of drug-likeness (QED) is 0.0222. The van der Waals surface area contributed by atoms with Gasteiger partial charge in [0.25, 0.3) is 0 Å². The third-order valence-corrected chi connectivity index (χ3v) is 16.0. The molecule has 0 bridgehead atoms. The fourth-order valence-electron chi connectivity index (χ4n) is 8.79. The Morgan fingerprint density at radius 1 is 0.367 bits per heavy atom. The van der Waals surface area contributed by atoms with Crippen molar-refractivity contribution in [2.24, 2.45) is 11.8 Å². The van der Waals surface area contributed by atoms with Crippen molar-refractivity contribution in [3.63, 3.8) is 0 Å². The number of carbonyl (C=O) groups excluding carboxylic acids is 4. The van der Waals surface area contributed by atoms with Crippen LogP contribution in [0.2, 0.25) is 0 Å². The maximum absolute atomic E-state index is 12.9. The molecule has 79 heavy (non-hydrogen) atoms. The van der Waals surface area contributed by atoms with E-state index < -0.39 is 97.5 Å². The van der Waals surface area contributed by atoms with Gasteiger partial charge in [-0.3, -0.25) is 37.3 Å². The maximum Gasteiger partial charge on any atom is 0.472 e.